The summed E-state index contributed by atoms with van der Waals surface area (Å²) in [5.41, 5.74) is 0.464. The molecule has 2 rings (SSSR count). The molecule has 0 heterocycles. The first kappa shape index (κ1) is 14.9. The number of allylic oxidation sites excluding steroid dienone is 1. The van der Waals surface area contributed by atoms with Crippen molar-refractivity contribution in [1.82, 2.24) is 0 Å². The van der Waals surface area contributed by atoms with Crippen LogP contribution in [0.25, 0.3) is 0 Å². The van der Waals surface area contributed by atoms with Gasteiger partial charge in [-0.1, -0.05) is 35.4 Å². The number of carbonyl (C=O) groups is 2. The topological polar surface area (TPSA) is 66.4 Å². The van der Waals surface area contributed by atoms with Crippen LogP contribution in [0.15, 0.2) is 30.4 Å². The number of carboxylic acids is 1. The van der Waals surface area contributed by atoms with Crippen molar-refractivity contribution in [3.05, 3.63) is 40.4 Å². The Morgan fingerprint density at radius 2 is 1.85 bits per heavy atom. The average Bonchev–Trinajstić information content (AvgIpc) is 2.37. The smallest absolute Gasteiger partial charge is 0.311 e. The van der Waals surface area contributed by atoms with Gasteiger partial charge in [-0.15, -0.1) is 0 Å². The Morgan fingerprint density at radius 1 is 1.20 bits per heavy atom. The van der Waals surface area contributed by atoms with E-state index in [4.69, 9.17) is 28.3 Å². The Morgan fingerprint density at radius 3 is 2.45 bits per heavy atom. The summed E-state index contributed by atoms with van der Waals surface area (Å²) in [4.78, 5) is 23.4. The van der Waals surface area contributed by atoms with Gasteiger partial charge in [0.2, 0.25) is 5.91 Å². The Kier molecular flexibility index (Phi) is 4.68. The van der Waals surface area contributed by atoms with E-state index in [0.717, 1.165) is 0 Å². The average molecular weight is 314 g/mol. The fourth-order valence-corrected chi connectivity index (χ4v) is 2.77. The molecule has 0 aromatic heterocycles. The molecule has 2 atom stereocenters. The maximum atomic E-state index is 12.2. The third-order valence-electron chi connectivity index (χ3n) is 3.17. The van der Waals surface area contributed by atoms with Crippen LogP contribution in [0.3, 0.4) is 0 Å². The van der Waals surface area contributed by atoms with Gasteiger partial charge in [0.05, 0.1) is 11.8 Å². The van der Waals surface area contributed by atoms with Gasteiger partial charge in [-0.05, 0) is 31.0 Å². The van der Waals surface area contributed by atoms with Gasteiger partial charge in [0.1, 0.15) is 0 Å². The zero-order chi connectivity index (χ0) is 14.7. The monoisotopic (exact) mass is 313 g/mol. The largest absolute Gasteiger partial charge is 0.481 e. The molecule has 0 spiro atoms. The van der Waals surface area contributed by atoms with E-state index in [2.05, 4.69) is 5.32 Å². The standard InChI is InChI=1S/C14H13Cl2NO3/c15-8-5-9(16)7-10(6-8)17-13(18)11-3-1-2-4-12(11)14(19)20/h2,4-7,11-12H,1,3H2,(H,17,18)(H,19,20)/t11-,12+/m0/s1. The van der Waals surface area contributed by atoms with Crippen molar-refractivity contribution in [2.24, 2.45) is 11.8 Å². The summed E-state index contributed by atoms with van der Waals surface area (Å²) in [6.07, 6.45) is 4.56. The fraction of sp³-hybridized carbons (Fsp3) is 0.286. The van der Waals surface area contributed by atoms with Crippen molar-refractivity contribution < 1.29 is 14.7 Å². The van der Waals surface area contributed by atoms with Crippen LogP contribution < -0.4 is 5.32 Å². The lowest BCUT2D eigenvalue weighted by atomic mass is 9.83. The summed E-state index contributed by atoms with van der Waals surface area (Å²) in [6, 6.07) is 4.70. The predicted octanol–water partition coefficient (Wildman–Crippen LogP) is 3.60. The number of benzene rings is 1. The van der Waals surface area contributed by atoms with Crippen molar-refractivity contribution >= 4 is 40.8 Å². The third-order valence-corrected chi connectivity index (χ3v) is 3.61. The van der Waals surface area contributed by atoms with Gasteiger partial charge in [-0.3, -0.25) is 9.59 Å². The van der Waals surface area contributed by atoms with Crippen molar-refractivity contribution in [2.75, 3.05) is 5.32 Å². The number of halogens is 2. The molecule has 1 amide bonds. The molecule has 0 aliphatic heterocycles. The van der Waals surface area contributed by atoms with Crippen LogP contribution in [0.4, 0.5) is 5.69 Å². The molecule has 0 saturated heterocycles. The SMILES string of the molecule is O=C(Nc1cc(Cl)cc(Cl)c1)[C@H]1CCC=C[C@H]1C(=O)O. The molecule has 0 bridgehead atoms. The first-order chi connectivity index (χ1) is 9.47. The van der Waals surface area contributed by atoms with Gasteiger partial charge >= 0.3 is 5.97 Å². The summed E-state index contributed by atoms with van der Waals surface area (Å²) in [5, 5.41) is 12.6. The summed E-state index contributed by atoms with van der Waals surface area (Å²) in [6.45, 7) is 0. The lowest BCUT2D eigenvalue weighted by molar-refractivity contribution is -0.144. The van der Waals surface area contributed by atoms with E-state index in [1.54, 1.807) is 30.4 Å². The molecule has 0 unspecified atom stereocenters. The van der Waals surface area contributed by atoms with Crippen LogP contribution in [0.1, 0.15) is 12.8 Å². The summed E-state index contributed by atoms with van der Waals surface area (Å²) in [7, 11) is 0. The molecule has 1 aliphatic rings. The zero-order valence-corrected chi connectivity index (χ0v) is 12.0. The minimum atomic E-state index is -0.995. The van der Waals surface area contributed by atoms with Gasteiger partial charge in [0.25, 0.3) is 0 Å². The quantitative estimate of drug-likeness (QED) is 0.838. The number of anilines is 1. The fourth-order valence-electron chi connectivity index (χ4n) is 2.24. The maximum Gasteiger partial charge on any atom is 0.311 e. The summed E-state index contributed by atoms with van der Waals surface area (Å²) in [5.74, 6) is -2.71. The van der Waals surface area contributed by atoms with Crippen LogP contribution in [0.2, 0.25) is 10.0 Å². The van der Waals surface area contributed by atoms with E-state index in [1.807, 2.05) is 0 Å². The van der Waals surface area contributed by atoms with E-state index in [9.17, 15) is 9.59 Å². The van der Waals surface area contributed by atoms with Gasteiger partial charge in [-0.2, -0.15) is 0 Å². The van der Waals surface area contributed by atoms with Crippen LogP contribution in [0.5, 0.6) is 0 Å². The van der Waals surface area contributed by atoms with E-state index < -0.39 is 17.8 Å². The normalized spacial score (nSPS) is 21.5. The van der Waals surface area contributed by atoms with Gasteiger partial charge in [-0.25, -0.2) is 0 Å². The molecule has 1 aromatic carbocycles. The first-order valence-electron chi connectivity index (χ1n) is 6.14. The second-order valence-electron chi connectivity index (χ2n) is 4.62. The lowest BCUT2D eigenvalue weighted by Gasteiger charge is -2.23. The predicted molar refractivity (Wildman–Crippen MR) is 78.1 cm³/mol. The highest BCUT2D eigenvalue weighted by Crippen LogP contribution is 2.28. The molecular weight excluding hydrogens is 301 g/mol. The van der Waals surface area contributed by atoms with E-state index >= 15 is 0 Å². The minimum Gasteiger partial charge on any atom is -0.481 e. The van der Waals surface area contributed by atoms with Gasteiger partial charge in [0, 0.05) is 15.7 Å². The summed E-state index contributed by atoms with van der Waals surface area (Å²) >= 11 is 11.7. The van der Waals surface area contributed by atoms with Crippen molar-refractivity contribution in [3.63, 3.8) is 0 Å². The molecule has 1 aliphatic carbocycles. The Balaban J connectivity index is 2.14. The molecule has 2 N–H and O–H groups in total. The van der Waals surface area contributed by atoms with Crippen molar-refractivity contribution in [3.8, 4) is 0 Å². The lowest BCUT2D eigenvalue weighted by Crippen LogP contribution is -2.34. The molecule has 6 heteroatoms. The number of rotatable bonds is 3. The number of hydrogen-bond donors (Lipinski definition) is 2. The Bertz CT molecular complexity index is 551. The van der Waals surface area contributed by atoms with E-state index in [0.29, 0.717) is 28.6 Å². The zero-order valence-electron chi connectivity index (χ0n) is 10.5. The Hall–Kier alpha value is -1.52. The van der Waals surface area contributed by atoms with Gasteiger partial charge < -0.3 is 10.4 Å². The molecular formula is C14H13Cl2NO3. The molecule has 0 fully saturated rings. The van der Waals surface area contributed by atoms with Crippen molar-refractivity contribution in [2.45, 2.75) is 12.8 Å². The van der Waals surface area contributed by atoms with Crippen molar-refractivity contribution in [1.29, 1.82) is 0 Å². The first-order valence-corrected chi connectivity index (χ1v) is 6.89. The van der Waals surface area contributed by atoms with Crippen LogP contribution in [0, 0.1) is 11.8 Å². The highest BCUT2D eigenvalue weighted by atomic mass is 35.5. The van der Waals surface area contributed by atoms with E-state index in [-0.39, 0.29) is 5.91 Å². The summed E-state index contributed by atoms with van der Waals surface area (Å²) < 4.78 is 0. The minimum absolute atomic E-state index is 0.333. The number of nitrogens with one attached hydrogen (secondary N) is 1. The van der Waals surface area contributed by atoms with Gasteiger partial charge in [0.15, 0.2) is 0 Å². The Labute approximate surface area is 126 Å². The number of carbonyl (C=O) groups excluding carboxylic acids is 1. The highest BCUT2D eigenvalue weighted by molar-refractivity contribution is 6.35. The number of aliphatic carboxylic acids is 1. The van der Waals surface area contributed by atoms with Crippen LogP contribution >= 0.6 is 23.2 Å². The van der Waals surface area contributed by atoms with E-state index in [1.165, 1.54) is 0 Å². The van der Waals surface area contributed by atoms with Crippen LogP contribution in [-0.4, -0.2) is 17.0 Å². The van der Waals surface area contributed by atoms with Crippen LogP contribution in [-0.2, 0) is 9.59 Å². The number of amides is 1. The highest BCUT2D eigenvalue weighted by Gasteiger charge is 2.33. The second kappa shape index (κ2) is 6.29. The molecule has 4 nitrogen and oxygen atoms in total. The third kappa shape index (κ3) is 3.52. The molecule has 0 radical (unpaired) electrons. The number of hydrogen-bond acceptors (Lipinski definition) is 2. The maximum absolute atomic E-state index is 12.2. The molecule has 0 saturated carbocycles. The second-order valence-corrected chi connectivity index (χ2v) is 5.50. The molecule has 106 valence electrons. The molecule has 1 aromatic rings. The number of carboxylic acid groups (broad SMARTS) is 1. The molecule has 20 heavy (non-hydrogen) atoms.